The molecule has 2 aromatic carbocycles. The van der Waals surface area contributed by atoms with Gasteiger partial charge in [-0.1, -0.05) is 57.9 Å². The van der Waals surface area contributed by atoms with Crippen molar-refractivity contribution in [1.82, 2.24) is 5.32 Å². The fourth-order valence-electron chi connectivity index (χ4n) is 2.39. The van der Waals surface area contributed by atoms with E-state index in [9.17, 15) is 4.79 Å². The number of amides is 1. The molecule has 0 saturated carbocycles. The molecule has 0 radical (unpaired) electrons. The Balaban J connectivity index is 1.85. The molecule has 0 saturated heterocycles. The van der Waals surface area contributed by atoms with Gasteiger partial charge in [0, 0.05) is 15.1 Å². The Bertz CT molecular complexity index is 660. The summed E-state index contributed by atoms with van der Waals surface area (Å²) in [6.07, 6.45) is 0. The van der Waals surface area contributed by atoms with E-state index in [0.29, 0.717) is 6.54 Å². The zero-order chi connectivity index (χ0) is 16.8. The summed E-state index contributed by atoms with van der Waals surface area (Å²) in [6, 6.07) is 15.8. The summed E-state index contributed by atoms with van der Waals surface area (Å²) in [5.41, 5.74) is 2.13. The molecule has 0 spiro atoms. The molecule has 0 aliphatic rings. The lowest BCUT2D eigenvalue weighted by Crippen LogP contribution is -2.87. The van der Waals surface area contributed by atoms with E-state index >= 15 is 0 Å². The smallest absolute Gasteiger partial charge is 0.275 e. The first-order chi connectivity index (χ1) is 11.0. The van der Waals surface area contributed by atoms with E-state index in [-0.39, 0.29) is 18.0 Å². The summed E-state index contributed by atoms with van der Waals surface area (Å²) in [4.78, 5) is 12.1. The molecule has 0 aromatic heterocycles. The number of carbonyl (C=O) groups is 1. The van der Waals surface area contributed by atoms with Crippen LogP contribution in [-0.4, -0.2) is 12.5 Å². The van der Waals surface area contributed by atoms with Crippen LogP contribution in [-0.2, 0) is 4.79 Å². The number of quaternary nitrogens is 1. The Hall–Kier alpha value is -1.36. The van der Waals surface area contributed by atoms with Crippen LogP contribution in [0.3, 0.4) is 0 Å². The summed E-state index contributed by atoms with van der Waals surface area (Å²) in [7, 11) is 0. The minimum absolute atomic E-state index is 0.0133. The number of hydrogen-bond donors (Lipinski definition) is 2. The van der Waals surface area contributed by atoms with E-state index in [2.05, 4.69) is 21.2 Å². The van der Waals surface area contributed by atoms with Crippen molar-refractivity contribution in [1.29, 1.82) is 0 Å². The van der Waals surface area contributed by atoms with Crippen LogP contribution >= 0.6 is 27.5 Å². The normalized spacial score (nSPS) is 13.4. The van der Waals surface area contributed by atoms with Gasteiger partial charge in [0.25, 0.3) is 5.91 Å². The fourth-order valence-corrected chi connectivity index (χ4v) is 2.96. The molecule has 0 unspecified atom stereocenters. The largest absolute Gasteiger partial charge is 0.345 e. The zero-order valence-electron chi connectivity index (χ0n) is 13.2. The predicted molar refractivity (Wildman–Crippen MR) is 97.4 cm³/mol. The highest BCUT2D eigenvalue weighted by atomic mass is 79.9. The van der Waals surface area contributed by atoms with Crippen LogP contribution in [0.1, 0.15) is 37.1 Å². The summed E-state index contributed by atoms with van der Waals surface area (Å²) in [6.45, 7) is 4.40. The average molecular weight is 397 g/mol. The molecule has 2 rings (SSSR count). The molecule has 1 amide bonds. The molecular weight excluding hydrogens is 376 g/mol. The standard InChI is InChI=1S/C18H20BrClN2O/c1-12(14-7-9-15(19)10-8-14)22-18(23)11-21-13(2)16-5-3-4-6-17(16)20/h3-10,12-13,21H,11H2,1-2H3,(H,22,23)/p+1/t12-,13-/m1/s1. The molecule has 2 aromatic rings. The first-order valence-electron chi connectivity index (χ1n) is 7.60. The van der Waals surface area contributed by atoms with Gasteiger partial charge in [0.1, 0.15) is 6.04 Å². The predicted octanol–water partition coefficient (Wildman–Crippen LogP) is 3.60. The molecular formula is C18H21BrClN2O+. The van der Waals surface area contributed by atoms with Gasteiger partial charge in [-0.25, -0.2) is 0 Å². The number of halogens is 2. The van der Waals surface area contributed by atoms with Crippen LogP contribution in [0, 0.1) is 0 Å². The van der Waals surface area contributed by atoms with Gasteiger partial charge in [-0.2, -0.15) is 0 Å². The second kappa shape index (κ2) is 8.48. The first-order valence-corrected chi connectivity index (χ1v) is 8.77. The number of carbonyl (C=O) groups excluding carboxylic acids is 1. The second-order valence-corrected chi connectivity index (χ2v) is 6.91. The van der Waals surface area contributed by atoms with E-state index < -0.39 is 0 Å². The molecule has 0 aliphatic heterocycles. The molecule has 0 heterocycles. The van der Waals surface area contributed by atoms with Crippen molar-refractivity contribution in [2.45, 2.75) is 25.9 Å². The SMILES string of the molecule is C[C@@H](NC(=O)C[NH2+][C@H](C)c1ccccc1Cl)c1ccc(Br)cc1. The molecule has 0 aliphatic carbocycles. The van der Waals surface area contributed by atoms with Gasteiger partial charge in [0.05, 0.1) is 6.04 Å². The van der Waals surface area contributed by atoms with Gasteiger partial charge in [-0.05, 0) is 37.6 Å². The van der Waals surface area contributed by atoms with E-state index in [1.165, 1.54) is 0 Å². The first kappa shape index (κ1) is 18.0. The van der Waals surface area contributed by atoms with Crippen molar-refractivity contribution in [3.8, 4) is 0 Å². The molecule has 3 nitrogen and oxygen atoms in total. The van der Waals surface area contributed by atoms with Crippen molar-refractivity contribution in [3.05, 3.63) is 69.2 Å². The highest BCUT2D eigenvalue weighted by molar-refractivity contribution is 9.10. The van der Waals surface area contributed by atoms with Crippen LogP contribution in [0.25, 0.3) is 0 Å². The van der Waals surface area contributed by atoms with E-state index in [4.69, 9.17) is 11.6 Å². The van der Waals surface area contributed by atoms with Gasteiger partial charge < -0.3 is 10.6 Å². The fraction of sp³-hybridized carbons (Fsp3) is 0.278. The van der Waals surface area contributed by atoms with Crippen LogP contribution < -0.4 is 10.6 Å². The van der Waals surface area contributed by atoms with Crippen LogP contribution in [0.15, 0.2) is 53.0 Å². The maximum Gasteiger partial charge on any atom is 0.275 e. The van der Waals surface area contributed by atoms with Crippen molar-refractivity contribution in [3.63, 3.8) is 0 Å². The van der Waals surface area contributed by atoms with E-state index in [1.807, 2.05) is 67.7 Å². The molecule has 0 bridgehead atoms. The zero-order valence-corrected chi connectivity index (χ0v) is 15.6. The summed E-state index contributed by atoms with van der Waals surface area (Å²) in [5.74, 6) is 0.0133. The third kappa shape index (κ3) is 5.34. The number of nitrogens with two attached hydrogens (primary N) is 1. The summed E-state index contributed by atoms with van der Waals surface area (Å²) in [5, 5.41) is 5.75. The Morgan fingerprint density at radius 2 is 1.83 bits per heavy atom. The Kier molecular flexibility index (Phi) is 6.63. The van der Waals surface area contributed by atoms with Gasteiger partial charge in [0.2, 0.25) is 0 Å². The van der Waals surface area contributed by atoms with Crippen molar-refractivity contribution in [2.24, 2.45) is 0 Å². The number of hydrogen-bond acceptors (Lipinski definition) is 1. The maximum absolute atomic E-state index is 12.1. The summed E-state index contributed by atoms with van der Waals surface area (Å²) < 4.78 is 1.03. The maximum atomic E-state index is 12.1. The minimum atomic E-state index is -0.0142. The van der Waals surface area contributed by atoms with E-state index in [0.717, 1.165) is 20.6 Å². The molecule has 122 valence electrons. The minimum Gasteiger partial charge on any atom is -0.345 e. The van der Waals surface area contributed by atoms with Crippen LogP contribution in [0.5, 0.6) is 0 Å². The van der Waals surface area contributed by atoms with Gasteiger partial charge in [0.15, 0.2) is 6.54 Å². The quantitative estimate of drug-likeness (QED) is 0.770. The Morgan fingerprint density at radius 3 is 2.48 bits per heavy atom. The third-order valence-electron chi connectivity index (χ3n) is 3.80. The highest BCUT2D eigenvalue weighted by Gasteiger charge is 2.15. The third-order valence-corrected chi connectivity index (χ3v) is 4.67. The topological polar surface area (TPSA) is 45.7 Å². The van der Waals surface area contributed by atoms with Gasteiger partial charge >= 0.3 is 0 Å². The van der Waals surface area contributed by atoms with Gasteiger partial charge in [-0.3, -0.25) is 4.79 Å². The number of rotatable bonds is 6. The molecule has 2 atom stereocenters. The monoisotopic (exact) mass is 395 g/mol. The number of nitrogens with one attached hydrogen (secondary N) is 1. The lowest BCUT2D eigenvalue weighted by atomic mass is 10.1. The Labute approximate surface area is 150 Å². The average Bonchev–Trinajstić information content (AvgIpc) is 2.53. The van der Waals surface area contributed by atoms with Gasteiger partial charge in [-0.15, -0.1) is 0 Å². The number of benzene rings is 2. The van der Waals surface area contributed by atoms with Crippen molar-refractivity contribution in [2.75, 3.05) is 6.54 Å². The Morgan fingerprint density at radius 1 is 1.17 bits per heavy atom. The molecule has 23 heavy (non-hydrogen) atoms. The van der Waals surface area contributed by atoms with Crippen molar-refractivity contribution >= 4 is 33.4 Å². The van der Waals surface area contributed by atoms with Crippen molar-refractivity contribution < 1.29 is 10.1 Å². The van der Waals surface area contributed by atoms with Crippen LogP contribution in [0.2, 0.25) is 5.02 Å². The summed E-state index contributed by atoms with van der Waals surface area (Å²) >= 11 is 9.60. The van der Waals surface area contributed by atoms with E-state index in [1.54, 1.807) is 0 Å². The molecule has 0 fully saturated rings. The molecule has 5 heteroatoms. The highest BCUT2D eigenvalue weighted by Crippen LogP contribution is 2.19. The lowest BCUT2D eigenvalue weighted by Gasteiger charge is -2.16. The molecule has 3 N–H and O–H groups in total. The second-order valence-electron chi connectivity index (χ2n) is 5.59. The lowest BCUT2D eigenvalue weighted by molar-refractivity contribution is -0.682. The van der Waals surface area contributed by atoms with Crippen LogP contribution in [0.4, 0.5) is 0 Å².